The summed E-state index contributed by atoms with van der Waals surface area (Å²) in [6.45, 7) is 5.43. The Kier molecular flexibility index (Phi) is 5.52. The molecule has 0 saturated carbocycles. The predicted molar refractivity (Wildman–Crippen MR) is 101 cm³/mol. The van der Waals surface area contributed by atoms with Crippen LogP contribution in [-0.4, -0.2) is 35.4 Å². The third kappa shape index (κ3) is 4.02. The number of fused-ring (bicyclic) bond motifs is 1. The van der Waals surface area contributed by atoms with E-state index >= 15 is 0 Å². The fourth-order valence-electron chi connectivity index (χ4n) is 2.89. The van der Waals surface area contributed by atoms with Crippen LogP contribution in [0.4, 0.5) is 0 Å². The Balaban J connectivity index is 1.55. The van der Waals surface area contributed by atoms with Crippen molar-refractivity contribution < 1.29 is 14.3 Å². The van der Waals surface area contributed by atoms with Crippen molar-refractivity contribution in [3.05, 3.63) is 45.7 Å². The lowest BCUT2D eigenvalue weighted by Crippen LogP contribution is -2.23. The summed E-state index contributed by atoms with van der Waals surface area (Å²) >= 11 is 6.23. The van der Waals surface area contributed by atoms with E-state index in [1.165, 1.54) is 6.08 Å². The van der Waals surface area contributed by atoms with Crippen molar-refractivity contribution in [2.45, 2.75) is 20.3 Å². The zero-order chi connectivity index (χ0) is 18.7. The fourth-order valence-corrected chi connectivity index (χ4v) is 3.18. The molecule has 0 spiro atoms. The van der Waals surface area contributed by atoms with Gasteiger partial charge in [0.2, 0.25) is 5.91 Å². The van der Waals surface area contributed by atoms with Crippen LogP contribution in [-0.2, 0) is 18.3 Å². The number of rotatable bonds is 5. The highest BCUT2D eigenvalue weighted by atomic mass is 35.5. The monoisotopic (exact) mass is 375 g/mol. The predicted octanol–water partition coefficient (Wildman–Crippen LogP) is 2.83. The number of hydrogen-bond acceptors (Lipinski definition) is 4. The van der Waals surface area contributed by atoms with Gasteiger partial charge in [-0.15, -0.1) is 0 Å². The number of benzene rings is 1. The van der Waals surface area contributed by atoms with Gasteiger partial charge < -0.3 is 14.8 Å². The van der Waals surface area contributed by atoms with Crippen LogP contribution in [0.25, 0.3) is 6.08 Å². The second kappa shape index (κ2) is 7.83. The molecule has 0 unspecified atom stereocenters. The molecule has 3 rings (SSSR count). The molecule has 138 valence electrons. The molecule has 7 heteroatoms. The number of nitrogens with one attached hydrogen (secondary N) is 1. The minimum Gasteiger partial charge on any atom is -0.486 e. The van der Waals surface area contributed by atoms with E-state index in [9.17, 15) is 4.79 Å². The van der Waals surface area contributed by atoms with Gasteiger partial charge in [-0.1, -0.05) is 11.6 Å². The highest BCUT2D eigenvalue weighted by Gasteiger charge is 2.16. The molecule has 0 atom stereocenters. The van der Waals surface area contributed by atoms with Gasteiger partial charge in [-0.3, -0.25) is 9.48 Å². The van der Waals surface area contributed by atoms with Gasteiger partial charge in [0.1, 0.15) is 13.2 Å². The first-order valence-electron chi connectivity index (χ1n) is 8.50. The molecule has 0 fully saturated rings. The Morgan fingerprint density at radius 2 is 2.12 bits per heavy atom. The zero-order valence-corrected chi connectivity index (χ0v) is 15.9. The quantitative estimate of drug-likeness (QED) is 0.816. The molecule has 1 N–H and O–H groups in total. The molecule has 6 nitrogen and oxygen atoms in total. The van der Waals surface area contributed by atoms with E-state index in [-0.39, 0.29) is 5.91 Å². The Morgan fingerprint density at radius 3 is 2.85 bits per heavy atom. The largest absolute Gasteiger partial charge is 0.486 e. The van der Waals surface area contributed by atoms with Crippen LogP contribution in [0.5, 0.6) is 11.5 Å². The summed E-state index contributed by atoms with van der Waals surface area (Å²) in [5.74, 6) is 1.11. The third-order valence-corrected chi connectivity index (χ3v) is 4.62. The standard InChI is InChI=1S/C19H22ClN3O3/c1-12-15(13(2)23(3)22-12)4-5-18(24)21-7-6-14-10-16(20)19-17(11-14)25-8-9-26-19/h4-5,10-11H,6-9H2,1-3H3,(H,21,24)/b5-4+. The van der Waals surface area contributed by atoms with Gasteiger partial charge >= 0.3 is 0 Å². The normalized spacial score (nSPS) is 13.2. The lowest BCUT2D eigenvalue weighted by molar-refractivity contribution is -0.116. The summed E-state index contributed by atoms with van der Waals surface area (Å²) in [7, 11) is 1.89. The van der Waals surface area contributed by atoms with Crippen molar-refractivity contribution in [3.63, 3.8) is 0 Å². The molecule has 1 aliphatic rings. The van der Waals surface area contributed by atoms with E-state index < -0.39 is 0 Å². The Bertz CT molecular complexity index is 858. The maximum atomic E-state index is 12.0. The summed E-state index contributed by atoms with van der Waals surface area (Å²) in [6.07, 6.45) is 3.99. The molecule has 1 aliphatic heterocycles. The fraction of sp³-hybridized carbons (Fsp3) is 0.368. The first-order valence-corrected chi connectivity index (χ1v) is 8.87. The summed E-state index contributed by atoms with van der Waals surface area (Å²) < 4.78 is 12.9. The highest BCUT2D eigenvalue weighted by molar-refractivity contribution is 6.32. The van der Waals surface area contributed by atoms with Crippen molar-refractivity contribution in [1.29, 1.82) is 0 Å². The van der Waals surface area contributed by atoms with Gasteiger partial charge in [-0.05, 0) is 44.0 Å². The molecule has 2 aromatic rings. The number of halogens is 1. The molecule has 0 saturated heterocycles. The lowest BCUT2D eigenvalue weighted by atomic mass is 10.1. The number of aromatic nitrogens is 2. The van der Waals surface area contributed by atoms with Crippen molar-refractivity contribution in [1.82, 2.24) is 15.1 Å². The summed E-state index contributed by atoms with van der Waals surface area (Å²) in [5, 5.41) is 7.74. The second-order valence-corrected chi connectivity index (χ2v) is 6.59. The number of carbonyl (C=O) groups excluding carboxylic acids is 1. The second-order valence-electron chi connectivity index (χ2n) is 6.18. The summed E-state index contributed by atoms with van der Waals surface area (Å²) in [4.78, 5) is 12.0. The van der Waals surface area contributed by atoms with Crippen molar-refractivity contribution >= 4 is 23.6 Å². The number of carbonyl (C=O) groups is 1. The van der Waals surface area contributed by atoms with Crippen LogP contribution in [0.15, 0.2) is 18.2 Å². The molecule has 1 amide bonds. The first-order chi connectivity index (χ1) is 12.5. The van der Waals surface area contributed by atoms with Crippen LogP contribution in [0.3, 0.4) is 0 Å². The van der Waals surface area contributed by atoms with Crippen LogP contribution < -0.4 is 14.8 Å². The smallest absolute Gasteiger partial charge is 0.244 e. The molecular formula is C19H22ClN3O3. The Morgan fingerprint density at radius 1 is 1.35 bits per heavy atom. The summed E-state index contributed by atoms with van der Waals surface area (Å²) in [5.41, 5.74) is 3.89. The number of hydrogen-bond donors (Lipinski definition) is 1. The molecule has 0 bridgehead atoms. The van der Waals surface area contributed by atoms with Crippen LogP contribution in [0, 0.1) is 13.8 Å². The number of aryl methyl sites for hydroxylation is 2. The van der Waals surface area contributed by atoms with Gasteiger partial charge in [0.15, 0.2) is 11.5 Å². The average molecular weight is 376 g/mol. The van der Waals surface area contributed by atoms with E-state index in [0.717, 1.165) is 22.5 Å². The molecule has 0 aliphatic carbocycles. The first kappa shape index (κ1) is 18.3. The third-order valence-electron chi connectivity index (χ3n) is 4.34. The van der Waals surface area contributed by atoms with Crippen molar-refractivity contribution in [2.24, 2.45) is 7.05 Å². The molecular weight excluding hydrogens is 354 g/mol. The van der Waals surface area contributed by atoms with Gasteiger partial charge in [-0.25, -0.2) is 0 Å². The summed E-state index contributed by atoms with van der Waals surface area (Å²) in [6, 6.07) is 3.75. The average Bonchev–Trinajstić information content (AvgIpc) is 2.85. The maximum Gasteiger partial charge on any atom is 0.244 e. The van der Waals surface area contributed by atoms with Crippen molar-refractivity contribution in [3.8, 4) is 11.5 Å². The molecule has 1 aromatic heterocycles. The van der Waals surface area contributed by atoms with Crippen LogP contribution in [0.2, 0.25) is 5.02 Å². The zero-order valence-electron chi connectivity index (χ0n) is 15.1. The number of amides is 1. The molecule has 0 radical (unpaired) electrons. The topological polar surface area (TPSA) is 65.4 Å². The molecule has 26 heavy (non-hydrogen) atoms. The van der Waals surface area contributed by atoms with Gasteiger partial charge in [0, 0.05) is 30.9 Å². The van der Waals surface area contributed by atoms with Crippen molar-refractivity contribution in [2.75, 3.05) is 19.8 Å². The van der Waals surface area contributed by atoms with E-state index in [1.54, 1.807) is 10.8 Å². The SMILES string of the molecule is Cc1nn(C)c(C)c1/C=C/C(=O)NCCc1cc(Cl)c2c(c1)OCCO2. The lowest BCUT2D eigenvalue weighted by Gasteiger charge is -2.20. The van der Waals surface area contributed by atoms with Crippen LogP contribution in [0.1, 0.15) is 22.5 Å². The minimum atomic E-state index is -0.142. The Labute approximate surface area is 157 Å². The van der Waals surface area contributed by atoms with E-state index in [0.29, 0.717) is 42.7 Å². The molecule has 1 aromatic carbocycles. The number of nitrogens with zero attached hydrogens (tertiary/aromatic N) is 2. The van der Waals surface area contributed by atoms with E-state index in [1.807, 2.05) is 33.0 Å². The van der Waals surface area contributed by atoms with E-state index in [4.69, 9.17) is 21.1 Å². The number of ether oxygens (including phenoxy) is 2. The maximum absolute atomic E-state index is 12.0. The Hall–Kier alpha value is -2.47. The van der Waals surface area contributed by atoms with Gasteiger partial charge in [-0.2, -0.15) is 5.10 Å². The van der Waals surface area contributed by atoms with Crippen LogP contribution >= 0.6 is 11.6 Å². The van der Waals surface area contributed by atoms with Gasteiger partial charge in [0.25, 0.3) is 0 Å². The molecule has 2 heterocycles. The highest BCUT2D eigenvalue weighted by Crippen LogP contribution is 2.38. The van der Waals surface area contributed by atoms with E-state index in [2.05, 4.69) is 10.4 Å². The minimum absolute atomic E-state index is 0.142. The van der Waals surface area contributed by atoms with Gasteiger partial charge in [0.05, 0.1) is 10.7 Å².